The minimum absolute atomic E-state index is 0.350. The summed E-state index contributed by atoms with van der Waals surface area (Å²) in [5.74, 6) is 1.54. The van der Waals surface area contributed by atoms with Crippen LogP contribution in [-0.4, -0.2) is 40.0 Å². The van der Waals surface area contributed by atoms with Gasteiger partial charge in [-0.25, -0.2) is 4.68 Å². The minimum atomic E-state index is 0.350. The summed E-state index contributed by atoms with van der Waals surface area (Å²) in [5, 5.41) is 15.2. The van der Waals surface area contributed by atoms with Crippen molar-refractivity contribution in [1.82, 2.24) is 25.5 Å². The Morgan fingerprint density at radius 2 is 2.24 bits per heavy atom. The molecule has 1 saturated heterocycles. The number of tetrazole rings is 1. The highest BCUT2D eigenvalue weighted by atomic mass is 16.5. The van der Waals surface area contributed by atoms with Gasteiger partial charge in [0.15, 0.2) is 5.82 Å². The predicted octanol–water partition coefficient (Wildman–Crippen LogP) is 0.770. The Hall–Kier alpha value is -1.01. The molecule has 2 heterocycles. The molecule has 0 aromatic carbocycles. The van der Waals surface area contributed by atoms with Gasteiger partial charge in [-0.2, -0.15) is 0 Å². The molecule has 6 heteroatoms. The molecule has 1 N–H and O–H groups in total. The highest BCUT2D eigenvalue weighted by molar-refractivity contribution is 4.85. The molecule has 1 aromatic heterocycles. The Morgan fingerprint density at radius 3 is 2.94 bits per heavy atom. The molecule has 0 saturated carbocycles. The van der Waals surface area contributed by atoms with Gasteiger partial charge in [-0.15, -0.1) is 5.10 Å². The van der Waals surface area contributed by atoms with E-state index in [1.165, 1.54) is 0 Å². The zero-order chi connectivity index (χ0) is 12.1. The number of rotatable bonds is 5. The van der Waals surface area contributed by atoms with Gasteiger partial charge in [0.2, 0.25) is 0 Å². The Morgan fingerprint density at radius 1 is 1.47 bits per heavy atom. The van der Waals surface area contributed by atoms with Crippen molar-refractivity contribution in [3.05, 3.63) is 5.82 Å². The number of hydrogen-bond donors (Lipinski definition) is 1. The maximum Gasteiger partial charge on any atom is 0.165 e. The largest absolute Gasteiger partial charge is 0.381 e. The van der Waals surface area contributed by atoms with E-state index in [4.69, 9.17) is 4.74 Å². The van der Waals surface area contributed by atoms with Crippen LogP contribution in [0.25, 0.3) is 0 Å². The monoisotopic (exact) mass is 239 g/mol. The number of ether oxygens (including phenoxy) is 1. The molecule has 1 atom stereocenters. The molecule has 2 rings (SSSR count). The molecule has 96 valence electrons. The van der Waals surface area contributed by atoms with E-state index in [-0.39, 0.29) is 0 Å². The third-order valence-electron chi connectivity index (χ3n) is 3.43. The number of hydrogen-bond acceptors (Lipinski definition) is 5. The van der Waals surface area contributed by atoms with E-state index in [2.05, 4.69) is 34.7 Å². The lowest BCUT2D eigenvalue weighted by Crippen LogP contribution is -2.27. The average Bonchev–Trinajstić information content (AvgIpc) is 2.84. The Kier molecular flexibility index (Phi) is 4.44. The first kappa shape index (κ1) is 12.4. The molecule has 0 spiro atoms. The Balaban J connectivity index is 2.01. The first-order valence-electron chi connectivity index (χ1n) is 6.38. The molecule has 0 bridgehead atoms. The van der Waals surface area contributed by atoms with Crippen molar-refractivity contribution in [2.24, 2.45) is 5.92 Å². The van der Waals surface area contributed by atoms with Crippen molar-refractivity contribution in [3.8, 4) is 0 Å². The zero-order valence-electron chi connectivity index (χ0n) is 10.6. The van der Waals surface area contributed by atoms with Gasteiger partial charge in [0.1, 0.15) is 0 Å². The van der Waals surface area contributed by atoms with Gasteiger partial charge >= 0.3 is 0 Å². The van der Waals surface area contributed by atoms with Gasteiger partial charge < -0.3 is 10.1 Å². The first-order valence-corrected chi connectivity index (χ1v) is 6.38. The van der Waals surface area contributed by atoms with Crippen molar-refractivity contribution >= 4 is 0 Å². The number of nitrogens with zero attached hydrogens (tertiary/aromatic N) is 4. The number of nitrogens with one attached hydrogen (secondary N) is 1. The van der Waals surface area contributed by atoms with Crippen molar-refractivity contribution < 1.29 is 4.74 Å². The second-order valence-electron chi connectivity index (χ2n) is 4.51. The molecule has 1 aromatic rings. The average molecular weight is 239 g/mol. The molecular formula is C11H21N5O. The van der Waals surface area contributed by atoms with Crippen LogP contribution >= 0.6 is 0 Å². The molecule has 17 heavy (non-hydrogen) atoms. The summed E-state index contributed by atoms with van der Waals surface area (Å²) in [6.45, 7) is 7.66. The van der Waals surface area contributed by atoms with E-state index < -0.39 is 0 Å². The highest BCUT2D eigenvalue weighted by Crippen LogP contribution is 2.27. The van der Waals surface area contributed by atoms with Gasteiger partial charge in [-0.1, -0.05) is 6.92 Å². The summed E-state index contributed by atoms with van der Waals surface area (Å²) >= 11 is 0. The van der Waals surface area contributed by atoms with Crippen LogP contribution in [0.1, 0.15) is 38.6 Å². The van der Waals surface area contributed by atoms with Gasteiger partial charge in [-0.3, -0.25) is 0 Å². The lowest BCUT2D eigenvalue weighted by Gasteiger charge is -2.28. The Labute approximate surface area is 102 Å². The van der Waals surface area contributed by atoms with Crippen molar-refractivity contribution in [1.29, 1.82) is 0 Å². The van der Waals surface area contributed by atoms with E-state index >= 15 is 0 Å². The van der Waals surface area contributed by atoms with Crippen LogP contribution in [-0.2, 0) is 11.3 Å². The number of aromatic nitrogens is 4. The normalized spacial score (nSPS) is 19.4. The summed E-state index contributed by atoms with van der Waals surface area (Å²) in [7, 11) is 0. The molecule has 6 nitrogen and oxygen atoms in total. The van der Waals surface area contributed by atoms with Crippen LogP contribution in [0.2, 0.25) is 0 Å². The van der Waals surface area contributed by atoms with Gasteiger partial charge in [-0.05, 0) is 42.7 Å². The van der Waals surface area contributed by atoms with E-state index in [0.717, 1.165) is 45.0 Å². The van der Waals surface area contributed by atoms with Crippen LogP contribution in [0.5, 0.6) is 0 Å². The molecule has 1 unspecified atom stereocenters. The van der Waals surface area contributed by atoms with E-state index in [1.807, 2.05) is 4.68 Å². The van der Waals surface area contributed by atoms with Crippen molar-refractivity contribution in [2.45, 2.75) is 39.3 Å². The van der Waals surface area contributed by atoms with Gasteiger partial charge in [0, 0.05) is 13.2 Å². The van der Waals surface area contributed by atoms with E-state index in [9.17, 15) is 0 Å². The molecule has 0 amide bonds. The van der Waals surface area contributed by atoms with Gasteiger partial charge in [0.25, 0.3) is 0 Å². The summed E-state index contributed by atoms with van der Waals surface area (Å²) in [5.41, 5.74) is 0. The molecular weight excluding hydrogens is 218 g/mol. The highest BCUT2D eigenvalue weighted by Gasteiger charge is 2.24. The fourth-order valence-electron chi connectivity index (χ4n) is 2.28. The SMILES string of the molecule is CCNCc1nnnn1C(C)C1CCOCC1. The molecule has 0 radical (unpaired) electrons. The van der Waals surface area contributed by atoms with Crippen LogP contribution in [0.15, 0.2) is 0 Å². The smallest absolute Gasteiger partial charge is 0.165 e. The zero-order valence-corrected chi connectivity index (χ0v) is 10.6. The first-order chi connectivity index (χ1) is 8.33. The molecule has 0 aliphatic carbocycles. The summed E-state index contributed by atoms with van der Waals surface area (Å²) in [4.78, 5) is 0. The van der Waals surface area contributed by atoms with Crippen molar-refractivity contribution in [2.75, 3.05) is 19.8 Å². The van der Waals surface area contributed by atoms with Crippen LogP contribution in [0, 0.1) is 5.92 Å². The standard InChI is InChI=1S/C11H21N5O/c1-3-12-8-11-13-14-15-16(11)9(2)10-4-6-17-7-5-10/h9-10,12H,3-8H2,1-2H3. The summed E-state index contributed by atoms with van der Waals surface area (Å²) < 4.78 is 7.35. The van der Waals surface area contributed by atoms with E-state index in [1.54, 1.807) is 0 Å². The van der Waals surface area contributed by atoms with Crippen LogP contribution < -0.4 is 5.32 Å². The van der Waals surface area contributed by atoms with Crippen LogP contribution in [0.3, 0.4) is 0 Å². The quantitative estimate of drug-likeness (QED) is 0.822. The lowest BCUT2D eigenvalue weighted by molar-refractivity contribution is 0.0487. The third kappa shape index (κ3) is 3.01. The minimum Gasteiger partial charge on any atom is -0.381 e. The second-order valence-corrected chi connectivity index (χ2v) is 4.51. The van der Waals surface area contributed by atoms with Gasteiger partial charge in [0.05, 0.1) is 12.6 Å². The van der Waals surface area contributed by atoms with E-state index in [0.29, 0.717) is 12.0 Å². The second kappa shape index (κ2) is 6.07. The van der Waals surface area contributed by atoms with Crippen LogP contribution in [0.4, 0.5) is 0 Å². The maximum atomic E-state index is 5.39. The lowest BCUT2D eigenvalue weighted by atomic mass is 9.93. The fourth-order valence-corrected chi connectivity index (χ4v) is 2.28. The third-order valence-corrected chi connectivity index (χ3v) is 3.43. The molecule has 1 aliphatic rings. The summed E-state index contributed by atoms with van der Waals surface area (Å²) in [6.07, 6.45) is 2.20. The summed E-state index contributed by atoms with van der Waals surface area (Å²) in [6, 6.07) is 0.350. The van der Waals surface area contributed by atoms with Crippen molar-refractivity contribution in [3.63, 3.8) is 0 Å². The fraction of sp³-hybridized carbons (Fsp3) is 0.909. The molecule has 1 fully saturated rings. The predicted molar refractivity (Wildman–Crippen MR) is 63.5 cm³/mol. The molecule has 1 aliphatic heterocycles. The topological polar surface area (TPSA) is 64.9 Å². The maximum absolute atomic E-state index is 5.39. The Bertz CT molecular complexity index is 334.